The zero-order valence-corrected chi connectivity index (χ0v) is 17.9. The van der Waals surface area contributed by atoms with Crippen LogP contribution in [0.2, 0.25) is 0 Å². The van der Waals surface area contributed by atoms with Crippen LogP contribution in [0.1, 0.15) is 27.2 Å². The predicted octanol–water partition coefficient (Wildman–Crippen LogP) is 2.37. The SMILES string of the molecule is CCOC(=O)CC(NC(=O)CSc1ccc2nnc(-c3cccnc3)n2n1)C(C)C. The Balaban J connectivity index is 1.65. The van der Waals surface area contributed by atoms with Crippen molar-refractivity contribution in [2.24, 2.45) is 5.92 Å². The van der Waals surface area contributed by atoms with Crippen LogP contribution in [0.3, 0.4) is 0 Å². The first-order valence-electron chi connectivity index (χ1n) is 9.68. The standard InChI is InChI=1S/C20H24N6O3S/c1-4-29-19(28)10-15(13(2)3)22-17(27)12-30-18-8-7-16-23-24-20(26(16)25-18)14-6-5-9-21-11-14/h5-9,11,13,15H,4,10,12H2,1-3H3,(H,22,27). The maximum absolute atomic E-state index is 12.4. The topological polar surface area (TPSA) is 111 Å². The molecule has 3 aromatic heterocycles. The molecule has 30 heavy (non-hydrogen) atoms. The van der Waals surface area contributed by atoms with Gasteiger partial charge in [0.15, 0.2) is 11.5 Å². The van der Waals surface area contributed by atoms with Crippen LogP contribution in [0.15, 0.2) is 41.7 Å². The quantitative estimate of drug-likeness (QED) is 0.408. The van der Waals surface area contributed by atoms with Crippen LogP contribution >= 0.6 is 11.8 Å². The fraction of sp³-hybridized carbons (Fsp3) is 0.400. The molecule has 3 rings (SSSR count). The van der Waals surface area contributed by atoms with E-state index in [0.29, 0.717) is 23.1 Å². The maximum atomic E-state index is 12.4. The summed E-state index contributed by atoms with van der Waals surface area (Å²) in [5, 5.41) is 16.4. The summed E-state index contributed by atoms with van der Waals surface area (Å²) in [4.78, 5) is 28.3. The summed E-state index contributed by atoms with van der Waals surface area (Å²) in [6, 6.07) is 7.03. The van der Waals surface area contributed by atoms with Gasteiger partial charge in [0.2, 0.25) is 5.91 Å². The van der Waals surface area contributed by atoms with Gasteiger partial charge in [0.1, 0.15) is 5.03 Å². The number of esters is 1. The van der Waals surface area contributed by atoms with E-state index in [1.807, 2.05) is 26.0 Å². The average Bonchev–Trinajstić information content (AvgIpc) is 3.16. The summed E-state index contributed by atoms with van der Waals surface area (Å²) < 4.78 is 6.62. The van der Waals surface area contributed by atoms with Crippen molar-refractivity contribution in [1.29, 1.82) is 0 Å². The second kappa shape index (κ2) is 10.1. The van der Waals surface area contributed by atoms with Gasteiger partial charge in [-0.25, -0.2) is 0 Å². The van der Waals surface area contributed by atoms with Crippen LogP contribution in [0.5, 0.6) is 0 Å². The molecule has 10 heteroatoms. The van der Waals surface area contributed by atoms with E-state index in [2.05, 4.69) is 25.6 Å². The number of hydrogen-bond donors (Lipinski definition) is 1. The van der Waals surface area contributed by atoms with Crippen LogP contribution in [-0.4, -0.2) is 55.1 Å². The molecule has 1 amide bonds. The highest BCUT2D eigenvalue weighted by atomic mass is 32.2. The van der Waals surface area contributed by atoms with Crippen LogP contribution in [0.4, 0.5) is 0 Å². The molecule has 0 aliphatic carbocycles. The fourth-order valence-electron chi connectivity index (χ4n) is 2.76. The first-order chi connectivity index (χ1) is 14.5. The lowest BCUT2D eigenvalue weighted by molar-refractivity contribution is -0.144. The maximum Gasteiger partial charge on any atom is 0.307 e. The lowest BCUT2D eigenvalue weighted by atomic mass is 10.0. The lowest BCUT2D eigenvalue weighted by Gasteiger charge is -2.21. The van der Waals surface area contributed by atoms with E-state index in [1.165, 1.54) is 11.8 Å². The molecule has 3 aromatic rings. The molecule has 0 bridgehead atoms. The monoisotopic (exact) mass is 428 g/mol. The number of fused-ring (bicyclic) bond motifs is 1. The Morgan fingerprint density at radius 3 is 2.77 bits per heavy atom. The van der Waals surface area contributed by atoms with Crippen molar-refractivity contribution >= 4 is 29.3 Å². The van der Waals surface area contributed by atoms with Crippen molar-refractivity contribution in [2.75, 3.05) is 12.4 Å². The van der Waals surface area contributed by atoms with Crippen molar-refractivity contribution in [3.8, 4) is 11.4 Å². The van der Waals surface area contributed by atoms with E-state index in [1.54, 1.807) is 36.0 Å². The first kappa shape index (κ1) is 21.7. The Hall–Kier alpha value is -3.01. The molecule has 0 aromatic carbocycles. The van der Waals surface area contributed by atoms with E-state index >= 15 is 0 Å². The summed E-state index contributed by atoms with van der Waals surface area (Å²) in [5.74, 6) is 0.388. The predicted molar refractivity (Wildman–Crippen MR) is 113 cm³/mol. The minimum atomic E-state index is -0.313. The highest BCUT2D eigenvalue weighted by Gasteiger charge is 2.20. The third-order valence-electron chi connectivity index (χ3n) is 4.35. The Morgan fingerprint density at radius 1 is 1.23 bits per heavy atom. The molecule has 1 atom stereocenters. The number of aromatic nitrogens is 5. The van der Waals surface area contributed by atoms with Crippen molar-refractivity contribution in [3.63, 3.8) is 0 Å². The van der Waals surface area contributed by atoms with Gasteiger partial charge in [0.05, 0.1) is 18.8 Å². The van der Waals surface area contributed by atoms with Crippen LogP contribution in [0, 0.1) is 5.92 Å². The normalized spacial score (nSPS) is 12.1. The van der Waals surface area contributed by atoms with E-state index in [4.69, 9.17) is 4.74 Å². The molecular weight excluding hydrogens is 404 g/mol. The third-order valence-corrected chi connectivity index (χ3v) is 5.27. The number of nitrogens with one attached hydrogen (secondary N) is 1. The minimum absolute atomic E-state index is 0.108. The Kier molecular flexibility index (Phi) is 7.34. The number of amides is 1. The molecule has 3 heterocycles. The second-order valence-electron chi connectivity index (χ2n) is 6.92. The van der Waals surface area contributed by atoms with Gasteiger partial charge in [0, 0.05) is 24.0 Å². The lowest BCUT2D eigenvalue weighted by Crippen LogP contribution is -2.41. The van der Waals surface area contributed by atoms with Crippen molar-refractivity contribution in [3.05, 3.63) is 36.7 Å². The zero-order chi connectivity index (χ0) is 21.5. The first-order valence-corrected chi connectivity index (χ1v) is 10.7. The molecule has 158 valence electrons. The molecule has 9 nitrogen and oxygen atoms in total. The van der Waals surface area contributed by atoms with Gasteiger partial charge in [-0.2, -0.15) is 9.61 Å². The van der Waals surface area contributed by atoms with Crippen LogP contribution in [0.25, 0.3) is 17.0 Å². The number of carbonyl (C=O) groups is 2. The molecule has 0 saturated heterocycles. The Labute approximate surface area is 178 Å². The molecule has 0 aliphatic rings. The van der Waals surface area contributed by atoms with Gasteiger partial charge >= 0.3 is 5.97 Å². The van der Waals surface area contributed by atoms with E-state index < -0.39 is 0 Å². The molecule has 0 radical (unpaired) electrons. The molecule has 1 N–H and O–H groups in total. The summed E-state index contributed by atoms with van der Waals surface area (Å²) in [7, 11) is 0. The van der Waals surface area contributed by atoms with Crippen LogP contribution < -0.4 is 5.32 Å². The summed E-state index contributed by atoms with van der Waals surface area (Å²) in [6.45, 7) is 6.00. The molecule has 0 saturated carbocycles. The molecule has 1 unspecified atom stereocenters. The zero-order valence-electron chi connectivity index (χ0n) is 17.1. The van der Waals surface area contributed by atoms with Crippen molar-refractivity contribution in [2.45, 2.75) is 38.3 Å². The molecule has 0 spiro atoms. The van der Waals surface area contributed by atoms with Gasteiger partial charge in [-0.15, -0.1) is 10.2 Å². The number of rotatable bonds is 9. The summed E-state index contributed by atoms with van der Waals surface area (Å²) in [6.07, 6.45) is 3.54. The van der Waals surface area contributed by atoms with Gasteiger partial charge in [0.25, 0.3) is 0 Å². The number of nitrogens with zero attached hydrogens (tertiary/aromatic N) is 5. The Bertz CT molecular complexity index is 1010. The van der Waals surface area contributed by atoms with Crippen molar-refractivity contribution < 1.29 is 14.3 Å². The van der Waals surface area contributed by atoms with Gasteiger partial charge in [-0.1, -0.05) is 25.6 Å². The molecular formula is C20H24N6O3S. The largest absolute Gasteiger partial charge is 0.466 e. The average molecular weight is 429 g/mol. The number of thioether (sulfide) groups is 1. The second-order valence-corrected chi connectivity index (χ2v) is 7.92. The smallest absolute Gasteiger partial charge is 0.307 e. The van der Waals surface area contributed by atoms with Gasteiger partial charge in [-0.3, -0.25) is 14.6 Å². The summed E-state index contributed by atoms with van der Waals surface area (Å²) >= 11 is 1.30. The highest BCUT2D eigenvalue weighted by molar-refractivity contribution is 7.99. The van der Waals surface area contributed by atoms with Gasteiger partial charge in [-0.05, 0) is 37.1 Å². The minimum Gasteiger partial charge on any atom is -0.466 e. The Morgan fingerprint density at radius 2 is 2.07 bits per heavy atom. The fourth-order valence-corrected chi connectivity index (χ4v) is 3.43. The van der Waals surface area contributed by atoms with E-state index in [-0.39, 0.29) is 36.0 Å². The third kappa shape index (κ3) is 5.53. The van der Waals surface area contributed by atoms with Crippen LogP contribution in [-0.2, 0) is 14.3 Å². The molecule has 0 aliphatic heterocycles. The van der Waals surface area contributed by atoms with Crippen molar-refractivity contribution in [1.82, 2.24) is 30.1 Å². The number of pyridine rings is 1. The highest BCUT2D eigenvalue weighted by Crippen LogP contribution is 2.20. The number of ether oxygens (including phenoxy) is 1. The molecule has 0 fully saturated rings. The number of carbonyl (C=O) groups excluding carboxylic acids is 2. The number of hydrogen-bond acceptors (Lipinski definition) is 8. The van der Waals surface area contributed by atoms with Gasteiger partial charge < -0.3 is 10.1 Å². The van der Waals surface area contributed by atoms with E-state index in [9.17, 15) is 9.59 Å². The summed E-state index contributed by atoms with van der Waals surface area (Å²) in [5.41, 5.74) is 1.41. The van der Waals surface area contributed by atoms with E-state index in [0.717, 1.165) is 5.56 Å².